The van der Waals surface area contributed by atoms with Crippen LogP contribution in [0.25, 0.3) is 10.6 Å². The van der Waals surface area contributed by atoms with Gasteiger partial charge in [0, 0.05) is 36.2 Å². The van der Waals surface area contributed by atoms with Crippen LogP contribution in [0, 0.1) is 11.6 Å². The number of hydrogen-bond donors (Lipinski definition) is 1. The van der Waals surface area contributed by atoms with E-state index >= 15 is 0 Å². The van der Waals surface area contributed by atoms with Crippen LogP contribution >= 0.6 is 22.9 Å². The van der Waals surface area contributed by atoms with Gasteiger partial charge >= 0.3 is 0 Å². The van der Waals surface area contributed by atoms with Crippen molar-refractivity contribution in [3.63, 3.8) is 0 Å². The second kappa shape index (κ2) is 9.78. The SMILES string of the molecule is COCCNC(=O)c1csc(-c2ccc(OCc3c(F)cccc3Cl)cc2F)n1. The van der Waals surface area contributed by atoms with Crippen LogP contribution in [0.15, 0.2) is 41.8 Å². The van der Waals surface area contributed by atoms with Crippen molar-refractivity contribution in [3.8, 4) is 16.3 Å². The van der Waals surface area contributed by atoms with E-state index in [0.29, 0.717) is 18.2 Å². The number of carbonyl (C=O) groups is 1. The molecule has 9 heteroatoms. The van der Waals surface area contributed by atoms with Gasteiger partial charge in [0.1, 0.15) is 34.7 Å². The lowest BCUT2D eigenvalue weighted by Crippen LogP contribution is -2.27. The fraction of sp³-hybridized carbons (Fsp3) is 0.200. The molecule has 0 spiro atoms. The van der Waals surface area contributed by atoms with Crippen LogP contribution in [-0.2, 0) is 11.3 Å². The predicted octanol–water partition coefficient (Wildman–Crippen LogP) is 4.70. The molecular formula is C20H17ClF2N2O3S. The third kappa shape index (κ3) is 5.29. The van der Waals surface area contributed by atoms with Crippen LogP contribution in [0.4, 0.5) is 8.78 Å². The Labute approximate surface area is 175 Å². The fourth-order valence-electron chi connectivity index (χ4n) is 2.44. The number of aromatic nitrogens is 1. The molecule has 0 aliphatic heterocycles. The largest absolute Gasteiger partial charge is 0.489 e. The molecule has 0 fully saturated rings. The maximum Gasteiger partial charge on any atom is 0.270 e. The molecule has 1 aromatic heterocycles. The molecule has 0 bridgehead atoms. The Bertz CT molecular complexity index is 993. The molecule has 0 aliphatic rings. The van der Waals surface area contributed by atoms with Crippen LogP contribution in [0.3, 0.4) is 0 Å². The molecule has 1 N–H and O–H groups in total. The zero-order chi connectivity index (χ0) is 20.8. The first-order valence-corrected chi connectivity index (χ1v) is 9.83. The Balaban J connectivity index is 1.69. The van der Waals surface area contributed by atoms with Crippen molar-refractivity contribution in [2.45, 2.75) is 6.61 Å². The second-order valence-corrected chi connectivity index (χ2v) is 7.18. The molecule has 0 saturated carbocycles. The number of nitrogens with zero attached hydrogens (tertiary/aromatic N) is 1. The van der Waals surface area contributed by atoms with Crippen molar-refractivity contribution in [2.24, 2.45) is 0 Å². The summed E-state index contributed by atoms with van der Waals surface area (Å²) in [5.74, 6) is -1.19. The first kappa shape index (κ1) is 21.2. The summed E-state index contributed by atoms with van der Waals surface area (Å²) in [5.41, 5.74) is 0.639. The number of thiazole rings is 1. The molecule has 0 unspecified atom stereocenters. The van der Waals surface area contributed by atoms with Gasteiger partial charge in [-0.2, -0.15) is 0 Å². The smallest absolute Gasteiger partial charge is 0.270 e. The number of ether oxygens (including phenoxy) is 2. The van der Waals surface area contributed by atoms with Gasteiger partial charge in [-0.05, 0) is 24.3 Å². The number of benzene rings is 2. The molecule has 3 rings (SSSR count). The Morgan fingerprint density at radius 1 is 1.24 bits per heavy atom. The lowest BCUT2D eigenvalue weighted by molar-refractivity contribution is 0.0933. The van der Waals surface area contributed by atoms with E-state index in [1.807, 2.05) is 0 Å². The number of rotatable bonds is 8. The number of hydrogen-bond acceptors (Lipinski definition) is 5. The molecule has 152 valence electrons. The maximum atomic E-state index is 14.5. The third-order valence-corrected chi connectivity index (χ3v) is 5.17. The van der Waals surface area contributed by atoms with Crippen LogP contribution in [0.2, 0.25) is 5.02 Å². The summed E-state index contributed by atoms with van der Waals surface area (Å²) >= 11 is 7.11. The summed E-state index contributed by atoms with van der Waals surface area (Å²) in [5, 5.41) is 4.81. The lowest BCUT2D eigenvalue weighted by atomic mass is 10.2. The number of halogens is 3. The second-order valence-electron chi connectivity index (χ2n) is 5.92. The van der Waals surface area contributed by atoms with Crippen molar-refractivity contribution in [1.29, 1.82) is 0 Å². The van der Waals surface area contributed by atoms with E-state index in [9.17, 15) is 13.6 Å². The van der Waals surface area contributed by atoms with Gasteiger partial charge in [-0.3, -0.25) is 4.79 Å². The van der Waals surface area contributed by atoms with E-state index < -0.39 is 11.6 Å². The summed E-state index contributed by atoms with van der Waals surface area (Å²) in [6.45, 7) is 0.610. The van der Waals surface area contributed by atoms with Gasteiger partial charge in [0.05, 0.1) is 11.6 Å². The van der Waals surface area contributed by atoms with Gasteiger partial charge in [0.2, 0.25) is 0 Å². The maximum absolute atomic E-state index is 14.5. The number of methoxy groups -OCH3 is 1. The van der Waals surface area contributed by atoms with Gasteiger partial charge in [-0.15, -0.1) is 11.3 Å². The van der Waals surface area contributed by atoms with E-state index in [0.717, 1.165) is 11.3 Å². The number of amides is 1. The molecule has 0 aliphatic carbocycles. The minimum Gasteiger partial charge on any atom is -0.489 e. The molecule has 0 atom stereocenters. The highest BCUT2D eigenvalue weighted by Gasteiger charge is 2.15. The molecule has 3 aromatic rings. The highest BCUT2D eigenvalue weighted by atomic mass is 35.5. The monoisotopic (exact) mass is 438 g/mol. The average Bonchev–Trinajstić information content (AvgIpc) is 3.18. The fourth-order valence-corrected chi connectivity index (χ4v) is 3.49. The van der Waals surface area contributed by atoms with Crippen molar-refractivity contribution >= 4 is 28.8 Å². The van der Waals surface area contributed by atoms with Crippen molar-refractivity contribution in [1.82, 2.24) is 10.3 Å². The van der Waals surface area contributed by atoms with Gasteiger partial charge in [0.15, 0.2) is 0 Å². The normalized spacial score (nSPS) is 10.8. The van der Waals surface area contributed by atoms with E-state index in [1.165, 1.54) is 31.4 Å². The van der Waals surface area contributed by atoms with E-state index in [2.05, 4.69) is 10.3 Å². The summed E-state index contributed by atoms with van der Waals surface area (Å²) in [4.78, 5) is 16.2. The molecule has 0 radical (unpaired) electrons. The van der Waals surface area contributed by atoms with E-state index in [1.54, 1.807) is 17.5 Å². The van der Waals surface area contributed by atoms with Crippen molar-refractivity contribution in [2.75, 3.05) is 20.3 Å². The summed E-state index contributed by atoms with van der Waals surface area (Å²) in [7, 11) is 1.54. The van der Waals surface area contributed by atoms with Crippen molar-refractivity contribution in [3.05, 3.63) is 69.7 Å². The van der Waals surface area contributed by atoms with Gasteiger partial charge in [-0.1, -0.05) is 17.7 Å². The molecule has 1 heterocycles. The van der Waals surface area contributed by atoms with Gasteiger partial charge in [-0.25, -0.2) is 13.8 Å². The minimum absolute atomic E-state index is 0.132. The van der Waals surface area contributed by atoms with Crippen LogP contribution in [0.5, 0.6) is 5.75 Å². The molecule has 29 heavy (non-hydrogen) atoms. The Kier molecular flexibility index (Phi) is 7.13. The highest BCUT2D eigenvalue weighted by Crippen LogP contribution is 2.30. The average molecular weight is 439 g/mol. The Morgan fingerprint density at radius 3 is 2.79 bits per heavy atom. The topological polar surface area (TPSA) is 60.5 Å². The number of nitrogens with one attached hydrogen (secondary N) is 1. The predicted molar refractivity (Wildman–Crippen MR) is 107 cm³/mol. The van der Waals surface area contributed by atoms with Gasteiger partial charge < -0.3 is 14.8 Å². The first-order chi connectivity index (χ1) is 14.0. The van der Waals surface area contributed by atoms with E-state index in [-0.39, 0.29) is 40.1 Å². The Morgan fingerprint density at radius 2 is 2.07 bits per heavy atom. The molecule has 5 nitrogen and oxygen atoms in total. The standard InChI is InChI=1S/C20H17ClF2N2O3S/c1-27-8-7-24-19(26)18-11-29-20(25-18)13-6-5-12(9-17(13)23)28-10-14-15(21)3-2-4-16(14)22/h2-6,9,11H,7-8,10H2,1H3,(H,24,26). The summed E-state index contributed by atoms with van der Waals surface area (Å²) < 4.78 is 38.7. The highest BCUT2D eigenvalue weighted by molar-refractivity contribution is 7.13. The zero-order valence-electron chi connectivity index (χ0n) is 15.4. The van der Waals surface area contributed by atoms with Gasteiger partial charge in [0.25, 0.3) is 5.91 Å². The zero-order valence-corrected chi connectivity index (χ0v) is 16.9. The van der Waals surface area contributed by atoms with Crippen LogP contribution in [0.1, 0.15) is 16.1 Å². The lowest BCUT2D eigenvalue weighted by Gasteiger charge is -2.09. The van der Waals surface area contributed by atoms with Crippen molar-refractivity contribution < 1.29 is 23.0 Å². The molecule has 1 amide bonds. The summed E-state index contributed by atoms with van der Waals surface area (Å²) in [6, 6.07) is 8.56. The van der Waals surface area contributed by atoms with E-state index in [4.69, 9.17) is 21.1 Å². The third-order valence-electron chi connectivity index (χ3n) is 3.94. The first-order valence-electron chi connectivity index (χ1n) is 8.58. The minimum atomic E-state index is -0.567. The quantitative estimate of drug-likeness (QED) is 0.518. The summed E-state index contributed by atoms with van der Waals surface area (Å²) in [6.07, 6.45) is 0. The number of carbonyl (C=O) groups excluding carboxylic acids is 1. The van der Waals surface area contributed by atoms with Crippen LogP contribution in [-0.4, -0.2) is 31.2 Å². The molecule has 2 aromatic carbocycles. The molecule has 0 saturated heterocycles. The molecular weight excluding hydrogens is 422 g/mol. The Hall–Kier alpha value is -2.55. The van der Waals surface area contributed by atoms with Crippen LogP contribution < -0.4 is 10.1 Å².